The number of imide groups is 1. The smallest absolute Gasteiger partial charge is 0.316 e. The molecule has 4 aromatic rings. The standard InChI is InChI=1S/C68H83F12N2O24/c69-48-43-49(70)59(76)64(58(48)75)104-55(84)6-14-89-18-10-82(11-19-90-15-7-56(85)105-65-60(77)50(71)44-51(72)61(65)78,12-20-91-16-8-57(86)106-66-62(79)52(73)45-53(74)63(66)80)54(83)5-13-92-21-23-94-25-27-96-29-31-98-33-35-100-37-39-102-41-42-103-40-38-101-36-34-99-32-30-97-28-26-95-24-22-93-17-9-81-67(87)46-3-1-2-4-47(46)68(81)88/h1-4,43-45H,5-42H2/q+1. The summed E-state index contributed by atoms with van der Waals surface area (Å²) in [6, 6.07) is 6.36. The van der Waals surface area contributed by atoms with E-state index in [9.17, 15) is 81.5 Å². The summed E-state index contributed by atoms with van der Waals surface area (Å²) >= 11 is 0. The number of quaternary nitrogens is 1. The van der Waals surface area contributed by atoms with Crippen LogP contribution in [0.15, 0.2) is 42.5 Å². The van der Waals surface area contributed by atoms with E-state index < -0.39 is 174 Å². The fraction of sp³-hybridized carbons (Fsp3) is 0.559. The van der Waals surface area contributed by atoms with Gasteiger partial charge in [0.05, 0.1) is 242 Å². The van der Waals surface area contributed by atoms with Gasteiger partial charge in [-0.05, 0) is 12.1 Å². The Bertz CT molecular complexity index is 3050. The topological polar surface area (TPSA) is 272 Å². The maximum atomic E-state index is 14.3. The lowest BCUT2D eigenvalue weighted by Crippen LogP contribution is -2.58. The molecule has 0 bridgehead atoms. The second-order valence-electron chi connectivity index (χ2n) is 22.0. The van der Waals surface area contributed by atoms with E-state index >= 15 is 0 Å². The van der Waals surface area contributed by atoms with E-state index in [4.69, 9.17) is 71.1 Å². The first-order valence-electron chi connectivity index (χ1n) is 33.3. The average Bonchev–Trinajstić information content (AvgIpc) is 1.62. The van der Waals surface area contributed by atoms with Crippen molar-refractivity contribution in [3.05, 3.63) is 123 Å². The highest BCUT2D eigenvalue weighted by molar-refractivity contribution is 6.21. The summed E-state index contributed by atoms with van der Waals surface area (Å²) in [5.74, 6) is -33.6. The van der Waals surface area contributed by atoms with Gasteiger partial charge < -0.3 is 85.3 Å². The van der Waals surface area contributed by atoms with Crippen LogP contribution in [0, 0.1) is 69.8 Å². The summed E-state index contributed by atoms with van der Waals surface area (Å²) in [6.07, 6.45) is -2.66. The van der Waals surface area contributed by atoms with Gasteiger partial charge in [0, 0.05) is 18.2 Å². The number of fused-ring (bicyclic) bond motifs is 1. The van der Waals surface area contributed by atoms with Crippen LogP contribution in [0.3, 0.4) is 0 Å². The maximum Gasteiger partial charge on any atom is 0.316 e. The number of ether oxygens (including phenoxy) is 18. The monoisotopic (exact) mass is 1540 g/mol. The molecule has 592 valence electrons. The summed E-state index contributed by atoms with van der Waals surface area (Å²) < 4.78 is 263. The molecule has 1 aliphatic rings. The van der Waals surface area contributed by atoms with Gasteiger partial charge in [-0.15, -0.1) is 0 Å². The number of carbonyl (C=O) groups is 6. The predicted octanol–water partition coefficient (Wildman–Crippen LogP) is 6.92. The molecule has 0 saturated carbocycles. The largest absolute Gasteiger partial charge is 0.420 e. The molecular weight excluding hydrogens is 1460 g/mol. The van der Waals surface area contributed by atoms with E-state index in [0.717, 1.165) is 0 Å². The van der Waals surface area contributed by atoms with Crippen molar-refractivity contribution in [2.75, 3.05) is 224 Å². The van der Waals surface area contributed by atoms with E-state index in [1.807, 2.05) is 0 Å². The second kappa shape index (κ2) is 51.0. The highest BCUT2D eigenvalue weighted by atomic mass is 19.2. The molecule has 38 heteroatoms. The normalized spacial score (nSPS) is 12.2. The fourth-order valence-electron chi connectivity index (χ4n) is 9.13. The zero-order chi connectivity index (χ0) is 76.9. The van der Waals surface area contributed by atoms with Crippen LogP contribution in [0.2, 0.25) is 0 Å². The second-order valence-corrected chi connectivity index (χ2v) is 22.0. The third kappa shape index (κ3) is 32.2. The van der Waals surface area contributed by atoms with E-state index in [1.54, 1.807) is 24.3 Å². The summed E-state index contributed by atoms with van der Waals surface area (Å²) in [5, 5.41) is 0. The minimum atomic E-state index is -2.00. The zero-order valence-corrected chi connectivity index (χ0v) is 57.6. The van der Waals surface area contributed by atoms with Crippen molar-refractivity contribution in [2.24, 2.45) is 0 Å². The number of hydrogen-bond donors (Lipinski definition) is 0. The van der Waals surface area contributed by atoms with Crippen molar-refractivity contribution in [1.29, 1.82) is 0 Å². The van der Waals surface area contributed by atoms with Gasteiger partial charge in [0.2, 0.25) is 52.2 Å². The summed E-state index contributed by atoms with van der Waals surface area (Å²) in [7, 11) is 0. The van der Waals surface area contributed by atoms with Gasteiger partial charge in [-0.3, -0.25) is 33.4 Å². The SMILES string of the molecule is O=C(CCOCC[N+](CCOCCC(=O)Oc1c(F)c(F)cc(F)c1F)(CCOCCC(=O)Oc1c(F)c(F)cc(F)c1F)C(=O)CCOCCOCCOCCOCCOCCOCCOCCOCCOCCOCCOCCOCCN1C(=O)c2ccccc2C1=O)Oc1c(F)c(F)cc(F)c1F. The number of carbonyl (C=O) groups excluding carboxylic acids is 6. The molecule has 0 saturated heterocycles. The molecule has 0 spiro atoms. The van der Waals surface area contributed by atoms with Crippen molar-refractivity contribution in [2.45, 2.75) is 25.7 Å². The minimum Gasteiger partial charge on any atom is -0.420 e. The van der Waals surface area contributed by atoms with Gasteiger partial charge in [0.15, 0.2) is 34.9 Å². The Labute approximate surface area is 600 Å². The summed E-state index contributed by atoms with van der Waals surface area (Å²) in [5.41, 5.74) is 0.804. The molecule has 0 aliphatic carbocycles. The summed E-state index contributed by atoms with van der Waals surface area (Å²) in [6.45, 7) is 2.68. The Kier molecular flexibility index (Phi) is 43.0. The number of benzene rings is 4. The molecule has 4 aromatic carbocycles. The molecule has 1 aliphatic heterocycles. The number of nitrogens with zero attached hydrogens (tertiary/aromatic N) is 2. The van der Waals surface area contributed by atoms with Crippen molar-refractivity contribution in [1.82, 2.24) is 4.90 Å². The molecule has 106 heavy (non-hydrogen) atoms. The average molecular weight is 1540 g/mol. The number of amides is 3. The van der Waals surface area contributed by atoms with Gasteiger partial charge in [-0.2, -0.15) is 26.3 Å². The van der Waals surface area contributed by atoms with E-state index in [-0.39, 0.29) is 115 Å². The van der Waals surface area contributed by atoms with Gasteiger partial charge in [0.1, 0.15) is 19.6 Å². The Balaban J connectivity index is 0.903. The number of esters is 3. The Hall–Kier alpha value is -7.38. The first-order chi connectivity index (χ1) is 51.2. The van der Waals surface area contributed by atoms with Crippen LogP contribution in [0.1, 0.15) is 46.4 Å². The van der Waals surface area contributed by atoms with Crippen molar-refractivity contribution in [3.63, 3.8) is 0 Å². The predicted molar refractivity (Wildman–Crippen MR) is 338 cm³/mol. The van der Waals surface area contributed by atoms with Gasteiger partial charge >= 0.3 is 23.8 Å². The molecule has 26 nitrogen and oxygen atoms in total. The molecule has 0 radical (unpaired) electrons. The first kappa shape index (κ1) is 89.2. The molecule has 0 aromatic heterocycles. The van der Waals surface area contributed by atoms with Crippen LogP contribution in [0.5, 0.6) is 17.2 Å². The van der Waals surface area contributed by atoms with E-state index in [0.29, 0.717) is 117 Å². The van der Waals surface area contributed by atoms with Crippen LogP contribution in [0.4, 0.5) is 52.7 Å². The quantitative estimate of drug-likeness (QED) is 0.00825. The number of hydrogen-bond acceptors (Lipinski definition) is 24. The van der Waals surface area contributed by atoms with Gasteiger partial charge in [-0.25, -0.2) is 31.1 Å². The first-order valence-corrected chi connectivity index (χ1v) is 33.3. The molecule has 1 heterocycles. The molecule has 0 unspecified atom stereocenters. The summed E-state index contributed by atoms with van der Waals surface area (Å²) in [4.78, 5) is 77.6. The lowest BCUT2D eigenvalue weighted by Gasteiger charge is -2.36. The highest BCUT2D eigenvalue weighted by Gasteiger charge is 2.37. The van der Waals surface area contributed by atoms with E-state index in [1.165, 1.54) is 4.90 Å². The molecule has 0 N–H and O–H groups in total. The molecule has 5 rings (SSSR count). The lowest BCUT2D eigenvalue weighted by atomic mass is 10.1. The van der Waals surface area contributed by atoms with Crippen molar-refractivity contribution >= 4 is 35.6 Å². The maximum absolute atomic E-state index is 14.3. The number of rotatable bonds is 60. The van der Waals surface area contributed by atoms with Crippen molar-refractivity contribution in [3.8, 4) is 17.2 Å². The van der Waals surface area contributed by atoms with E-state index in [2.05, 4.69) is 14.2 Å². The number of halogens is 12. The zero-order valence-electron chi connectivity index (χ0n) is 57.6. The van der Waals surface area contributed by atoms with Crippen molar-refractivity contribution < 1.29 is 171 Å². The lowest BCUT2D eigenvalue weighted by molar-refractivity contribution is -0.856. The molecule has 0 fully saturated rings. The van der Waals surface area contributed by atoms with Gasteiger partial charge in [-0.1, -0.05) is 12.1 Å². The Morgan fingerprint density at radius 3 is 0.736 bits per heavy atom. The Morgan fingerprint density at radius 1 is 0.283 bits per heavy atom. The van der Waals surface area contributed by atoms with Crippen LogP contribution in [-0.4, -0.2) is 269 Å². The van der Waals surface area contributed by atoms with Crippen LogP contribution in [0.25, 0.3) is 0 Å². The highest BCUT2D eigenvalue weighted by Crippen LogP contribution is 2.30. The molecular formula is C68H83F12N2O24+. The molecule has 0 atom stereocenters. The Morgan fingerprint density at radius 2 is 0.491 bits per heavy atom. The van der Waals surface area contributed by atoms with Crippen LogP contribution < -0.4 is 14.2 Å². The third-order valence-corrected chi connectivity index (χ3v) is 14.6. The van der Waals surface area contributed by atoms with Crippen LogP contribution in [-0.2, 0) is 90.2 Å². The fourth-order valence-corrected chi connectivity index (χ4v) is 9.13. The van der Waals surface area contributed by atoms with Gasteiger partial charge in [0.25, 0.3) is 11.8 Å². The minimum absolute atomic E-state index is 0.0295. The molecule has 3 amide bonds. The third-order valence-electron chi connectivity index (χ3n) is 14.6. The van der Waals surface area contributed by atoms with Crippen LogP contribution >= 0.6 is 0 Å².